The van der Waals surface area contributed by atoms with E-state index in [1.54, 1.807) is 0 Å². The summed E-state index contributed by atoms with van der Waals surface area (Å²) in [6, 6.07) is 0. The fourth-order valence-corrected chi connectivity index (χ4v) is 4.71. The monoisotopic (exact) mass is 528 g/mol. The van der Waals surface area contributed by atoms with Crippen molar-refractivity contribution in [1.29, 1.82) is 0 Å². The van der Waals surface area contributed by atoms with Gasteiger partial charge >= 0.3 is 0 Å². The van der Waals surface area contributed by atoms with Gasteiger partial charge in [-0.05, 0) is 19.8 Å². The maximum absolute atomic E-state index is 11.0. The van der Waals surface area contributed by atoms with Gasteiger partial charge in [0.25, 0.3) is 0 Å². The predicted octanol–water partition coefficient (Wildman–Crippen LogP) is -4.45. The molecule has 3 rings (SSSR count). The Labute approximate surface area is 208 Å². The molecule has 0 aromatic carbocycles. The maximum atomic E-state index is 11.0. The molecule has 9 N–H and O–H groups in total. The molecule has 1 saturated carbocycles. The Kier molecular flexibility index (Phi) is 10.8. The summed E-state index contributed by atoms with van der Waals surface area (Å²) < 4.78 is 28.0. The first-order valence-corrected chi connectivity index (χ1v) is 12.3. The Morgan fingerprint density at radius 3 is 2.00 bits per heavy atom. The van der Waals surface area contributed by atoms with Crippen molar-refractivity contribution in [2.24, 2.45) is 5.92 Å². The molecule has 0 unspecified atom stereocenters. The Morgan fingerprint density at radius 2 is 1.36 bits per heavy atom. The first-order chi connectivity index (χ1) is 17.0. The fraction of sp³-hybridized carbons (Fsp3) is 1.00. The van der Waals surface area contributed by atoms with Gasteiger partial charge in [-0.15, -0.1) is 0 Å². The number of aliphatic hydroxyl groups is 9. The minimum Gasteiger partial charge on any atom is -0.396 e. The van der Waals surface area contributed by atoms with Gasteiger partial charge in [-0.1, -0.05) is 6.92 Å². The summed E-state index contributed by atoms with van der Waals surface area (Å²) in [5.41, 5.74) is 0. The van der Waals surface area contributed by atoms with Crippen molar-refractivity contribution < 1.29 is 69.6 Å². The van der Waals surface area contributed by atoms with Crippen LogP contribution in [-0.2, 0) is 23.7 Å². The number of ether oxygens (including phenoxy) is 5. The maximum Gasteiger partial charge on any atom is 0.186 e. The van der Waals surface area contributed by atoms with E-state index in [9.17, 15) is 46.0 Å². The van der Waals surface area contributed by atoms with Crippen LogP contribution in [0, 0.1) is 5.92 Å². The summed E-state index contributed by atoms with van der Waals surface area (Å²) in [6.07, 6.45) is -18.7. The van der Waals surface area contributed by atoms with Crippen LogP contribution in [0.25, 0.3) is 0 Å². The molecule has 15 atom stereocenters. The van der Waals surface area contributed by atoms with Crippen LogP contribution < -0.4 is 0 Å². The highest BCUT2D eigenvalue weighted by molar-refractivity contribution is 4.97. The molecule has 2 aliphatic heterocycles. The van der Waals surface area contributed by atoms with Crippen LogP contribution >= 0.6 is 0 Å². The Bertz CT molecular complexity index is 669. The van der Waals surface area contributed by atoms with Gasteiger partial charge in [-0.2, -0.15) is 0 Å². The molecule has 3 aliphatic rings. The van der Waals surface area contributed by atoms with Crippen molar-refractivity contribution in [3.05, 3.63) is 0 Å². The minimum atomic E-state index is -1.62. The first kappa shape index (κ1) is 30.0. The smallest absolute Gasteiger partial charge is 0.186 e. The molecule has 0 bridgehead atoms. The molecule has 0 spiro atoms. The summed E-state index contributed by atoms with van der Waals surface area (Å²) in [5.74, 6) is -0.803. The van der Waals surface area contributed by atoms with Crippen molar-refractivity contribution in [2.45, 2.75) is 113 Å². The average Bonchev–Trinajstić information content (AvgIpc) is 2.86. The largest absolute Gasteiger partial charge is 0.396 e. The third-order valence-electron chi connectivity index (χ3n) is 7.03. The topological polar surface area (TPSA) is 228 Å². The summed E-state index contributed by atoms with van der Waals surface area (Å²) >= 11 is 0. The fourth-order valence-electron chi connectivity index (χ4n) is 4.71. The normalized spacial score (nSPS) is 50.2. The van der Waals surface area contributed by atoms with Gasteiger partial charge < -0.3 is 69.6 Å². The van der Waals surface area contributed by atoms with Crippen molar-refractivity contribution in [1.82, 2.24) is 0 Å². The van der Waals surface area contributed by atoms with E-state index in [0.717, 1.165) is 0 Å². The van der Waals surface area contributed by atoms with E-state index >= 15 is 0 Å². The lowest BCUT2D eigenvalue weighted by atomic mass is 9.81. The zero-order valence-electron chi connectivity index (χ0n) is 20.3. The van der Waals surface area contributed by atoms with E-state index in [2.05, 4.69) is 0 Å². The predicted molar refractivity (Wildman–Crippen MR) is 117 cm³/mol. The molecule has 36 heavy (non-hydrogen) atoms. The minimum absolute atomic E-state index is 0.0610. The third-order valence-corrected chi connectivity index (χ3v) is 7.03. The molecule has 0 aromatic rings. The molecule has 0 amide bonds. The highest BCUT2D eigenvalue weighted by Crippen LogP contribution is 2.33. The lowest BCUT2D eigenvalue weighted by Gasteiger charge is -2.46. The van der Waals surface area contributed by atoms with Crippen LogP contribution in [0.15, 0.2) is 0 Å². The highest BCUT2D eigenvalue weighted by Gasteiger charge is 2.51. The van der Waals surface area contributed by atoms with E-state index in [1.165, 1.54) is 6.92 Å². The summed E-state index contributed by atoms with van der Waals surface area (Å²) in [4.78, 5) is 0. The molecule has 1 aliphatic carbocycles. The van der Waals surface area contributed by atoms with Gasteiger partial charge in [-0.25, -0.2) is 0 Å². The van der Waals surface area contributed by atoms with Crippen LogP contribution in [-0.4, -0.2) is 152 Å². The van der Waals surface area contributed by atoms with Gasteiger partial charge in [0, 0.05) is 19.1 Å². The van der Waals surface area contributed by atoms with Crippen molar-refractivity contribution in [3.63, 3.8) is 0 Å². The lowest BCUT2D eigenvalue weighted by molar-refractivity contribution is -0.338. The van der Waals surface area contributed by atoms with E-state index < -0.39 is 105 Å². The van der Waals surface area contributed by atoms with Crippen molar-refractivity contribution in [2.75, 3.05) is 19.8 Å². The third kappa shape index (κ3) is 6.35. The molecule has 14 nitrogen and oxygen atoms in total. The highest BCUT2D eigenvalue weighted by atomic mass is 16.7. The molecular weight excluding hydrogens is 488 g/mol. The summed E-state index contributed by atoms with van der Waals surface area (Å²) in [5, 5.41) is 91.9. The van der Waals surface area contributed by atoms with Crippen LogP contribution in [0.4, 0.5) is 0 Å². The number of hydrogen-bond donors (Lipinski definition) is 9. The van der Waals surface area contributed by atoms with Crippen molar-refractivity contribution >= 4 is 0 Å². The molecule has 212 valence electrons. The van der Waals surface area contributed by atoms with Gasteiger partial charge in [0.2, 0.25) is 0 Å². The van der Waals surface area contributed by atoms with Crippen LogP contribution in [0.1, 0.15) is 26.7 Å². The zero-order valence-corrected chi connectivity index (χ0v) is 20.3. The number of rotatable bonds is 9. The second-order valence-electron chi connectivity index (χ2n) is 9.70. The van der Waals surface area contributed by atoms with Crippen molar-refractivity contribution in [3.8, 4) is 0 Å². The van der Waals surface area contributed by atoms with Gasteiger partial charge in [-0.3, -0.25) is 0 Å². The van der Waals surface area contributed by atoms with Gasteiger partial charge in [0.1, 0.15) is 54.9 Å². The number of aliphatic hydroxyl groups excluding tert-OH is 9. The second kappa shape index (κ2) is 13.0. The van der Waals surface area contributed by atoms with Gasteiger partial charge in [0.15, 0.2) is 12.6 Å². The lowest BCUT2D eigenvalue weighted by Crippen LogP contribution is -2.64. The summed E-state index contributed by atoms with van der Waals surface area (Å²) in [6.45, 7) is 2.64. The van der Waals surface area contributed by atoms with E-state index in [1.807, 2.05) is 6.92 Å². The SMILES string of the molecule is CCCO[C@H]1O[C@H](CO[C@@H]2O[C@@H](C)[C@@H](O)[C@H](O)[C@@H]2O)[C@@H](O)[C@H](O[C@H]2C[C@H](CO)[C@@H](O)[C@H](O)[C@@H]2O)[C@@H]1O. The molecule has 3 fully saturated rings. The molecular formula is C22H40O14. The van der Waals surface area contributed by atoms with Crippen LogP contribution in [0.3, 0.4) is 0 Å². The Morgan fingerprint density at radius 1 is 0.722 bits per heavy atom. The zero-order chi connectivity index (χ0) is 26.7. The van der Waals surface area contributed by atoms with E-state index in [0.29, 0.717) is 6.42 Å². The molecule has 2 heterocycles. The van der Waals surface area contributed by atoms with Crippen LogP contribution in [0.2, 0.25) is 0 Å². The first-order valence-electron chi connectivity index (χ1n) is 12.3. The Hall–Kier alpha value is -0.560. The Balaban J connectivity index is 1.72. The second-order valence-corrected chi connectivity index (χ2v) is 9.70. The molecule has 0 aromatic heterocycles. The van der Waals surface area contributed by atoms with E-state index in [-0.39, 0.29) is 13.0 Å². The van der Waals surface area contributed by atoms with E-state index in [4.69, 9.17) is 23.7 Å². The molecule has 14 heteroatoms. The molecule has 0 radical (unpaired) electrons. The molecule has 2 saturated heterocycles. The van der Waals surface area contributed by atoms with Gasteiger partial charge in [0.05, 0.1) is 24.9 Å². The summed E-state index contributed by atoms with van der Waals surface area (Å²) in [7, 11) is 0. The number of hydrogen-bond acceptors (Lipinski definition) is 14. The average molecular weight is 529 g/mol. The van der Waals surface area contributed by atoms with Crippen LogP contribution in [0.5, 0.6) is 0 Å². The standard InChI is InChI=1S/C22H40O14/c1-3-4-32-22-19(31)20(35-10-5-9(6-23)13(25)17(29)14(10)26)15(27)11(36-22)7-33-21-18(30)16(28)12(24)8(2)34-21/h8-31H,3-7H2,1-2H3/t8-,9+,10-,11+,12+,13+,14+,15+,16-,17-,18-,19-,20-,21+,22-/m0/s1. The quantitative estimate of drug-likeness (QED) is 0.138.